The third-order valence-electron chi connectivity index (χ3n) is 11.6. The van der Waals surface area contributed by atoms with E-state index in [4.69, 9.17) is 9.97 Å². The molecule has 56 heavy (non-hydrogen) atoms. The zero-order valence-electron chi connectivity index (χ0n) is 32.3. The number of hydrogen-bond acceptors (Lipinski definition) is 4. The van der Waals surface area contributed by atoms with Crippen molar-refractivity contribution < 1.29 is 0 Å². The molecule has 0 saturated heterocycles. The number of nitrogens with zero attached hydrogens (tertiary/aromatic N) is 2. The monoisotopic (exact) mass is 754 g/mol. The van der Waals surface area contributed by atoms with Gasteiger partial charge in [0.25, 0.3) is 0 Å². The van der Waals surface area contributed by atoms with Crippen LogP contribution in [0.3, 0.4) is 0 Å². The van der Waals surface area contributed by atoms with Gasteiger partial charge >= 0.3 is 0 Å². The highest BCUT2D eigenvalue weighted by molar-refractivity contribution is 7.27. The van der Waals surface area contributed by atoms with Crippen LogP contribution >= 0.6 is 22.7 Å². The summed E-state index contributed by atoms with van der Waals surface area (Å²) in [5.74, 6) is 0. The van der Waals surface area contributed by atoms with Gasteiger partial charge in [0, 0.05) is 56.7 Å². The molecule has 11 rings (SSSR count). The second-order valence-electron chi connectivity index (χ2n) is 15.8. The molecule has 3 aromatic heterocycles. The van der Waals surface area contributed by atoms with Crippen molar-refractivity contribution in [3.8, 4) is 33.5 Å². The van der Waals surface area contributed by atoms with Gasteiger partial charge in [-0.15, -0.1) is 22.7 Å². The molecule has 0 fully saturated rings. The van der Waals surface area contributed by atoms with Gasteiger partial charge in [0.2, 0.25) is 0 Å². The summed E-state index contributed by atoms with van der Waals surface area (Å²) in [6, 6.07) is 43.2. The maximum Gasteiger partial charge on any atom is 0.0979 e. The zero-order valence-corrected chi connectivity index (χ0v) is 33.9. The lowest BCUT2D eigenvalue weighted by molar-refractivity contribution is 1.31. The molecule has 0 saturated carbocycles. The minimum Gasteiger partial charge on any atom is -0.252 e. The van der Waals surface area contributed by atoms with Crippen LogP contribution in [-0.4, -0.2) is 9.97 Å². The number of thiophene rings is 2. The zero-order chi connectivity index (χ0) is 38.0. The van der Waals surface area contributed by atoms with E-state index in [9.17, 15) is 0 Å². The van der Waals surface area contributed by atoms with Gasteiger partial charge in [0.05, 0.1) is 22.9 Å². The standard InChI is InChI=1S/C52H38N2S2/c1-27-15-31(5)49-42(19-27)44-21-29(3)17-40(51(44)55-49)33-23-34(41-18-30(4)22-45-43-20-28(2)16-32(6)50(43)56-52(41)45)25-35(24-33)46-26-53-47-38-13-9-7-11-36(38)37-12-8-10-14-39(37)48(47)54-46/h7-26H,1-6H3. The van der Waals surface area contributed by atoms with Crippen LogP contribution in [0.15, 0.2) is 121 Å². The first-order chi connectivity index (χ1) is 27.2. The van der Waals surface area contributed by atoms with Crippen molar-refractivity contribution in [1.29, 1.82) is 0 Å². The first-order valence-electron chi connectivity index (χ1n) is 19.3. The smallest absolute Gasteiger partial charge is 0.0979 e. The Morgan fingerprint density at radius 3 is 1.29 bits per heavy atom. The molecule has 0 atom stereocenters. The molecule has 11 aromatic rings. The molecule has 0 aliphatic heterocycles. The fraction of sp³-hybridized carbons (Fsp3) is 0.115. The third kappa shape index (κ3) is 5.06. The number of aryl methyl sites for hydroxylation is 6. The Kier molecular flexibility index (Phi) is 7.32. The molecule has 0 amide bonds. The molecule has 8 aromatic carbocycles. The van der Waals surface area contributed by atoms with Gasteiger partial charge in [0.15, 0.2) is 0 Å². The summed E-state index contributed by atoms with van der Waals surface area (Å²) in [6.07, 6.45) is 1.99. The minimum atomic E-state index is 0.874. The van der Waals surface area contributed by atoms with Crippen LogP contribution in [0, 0.1) is 41.5 Å². The average molecular weight is 755 g/mol. The normalized spacial score (nSPS) is 12.1. The summed E-state index contributed by atoms with van der Waals surface area (Å²) in [4.78, 5) is 10.7. The number of rotatable bonds is 3. The predicted molar refractivity (Wildman–Crippen MR) is 245 cm³/mol. The summed E-state index contributed by atoms with van der Waals surface area (Å²) < 4.78 is 5.38. The molecule has 4 heteroatoms. The molecule has 0 aliphatic rings. The Morgan fingerprint density at radius 2 is 0.786 bits per heavy atom. The third-order valence-corrected chi connectivity index (χ3v) is 14.4. The van der Waals surface area contributed by atoms with Crippen LogP contribution in [0.2, 0.25) is 0 Å². The molecule has 0 spiro atoms. The topological polar surface area (TPSA) is 25.8 Å². The lowest BCUT2D eigenvalue weighted by atomic mass is 9.92. The van der Waals surface area contributed by atoms with Crippen molar-refractivity contribution in [3.63, 3.8) is 0 Å². The van der Waals surface area contributed by atoms with Crippen molar-refractivity contribution in [2.24, 2.45) is 0 Å². The van der Waals surface area contributed by atoms with E-state index >= 15 is 0 Å². The molecule has 268 valence electrons. The molecule has 0 radical (unpaired) electrons. The number of aromatic nitrogens is 2. The van der Waals surface area contributed by atoms with E-state index in [-0.39, 0.29) is 0 Å². The number of benzene rings is 8. The maximum absolute atomic E-state index is 5.51. The van der Waals surface area contributed by atoms with Gasteiger partial charge in [-0.3, -0.25) is 4.98 Å². The van der Waals surface area contributed by atoms with E-state index in [1.807, 2.05) is 28.9 Å². The Labute approximate surface area is 333 Å². The summed E-state index contributed by atoms with van der Waals surface area (Å²) in [5, 5.41) is 10.0. The van der Waals surface area contributed by atoms with Gasteiger partial charge in [-0.25, -0.2) is 4.98 Å². The summed E-state index contributed by atoms with van der Waals surface area (Å²) in [6.45, 7) is 13.4. The molecule has 2 nitrogen and oxygen atoms in total. The molecule has 0 bridgehead atoms. The molecule has 0 aliphatic carbocycles. The highest BCUT2D eigenvalue weighted by Gasteiger charge is 2.20. The molecule has 0 unspecified atom stereocenters. The number of hydrogen-bond donors (Lipinski definition) is 0. The van der Waals surface area contributed by atoms with Gasteiger partial charge in [-0.1, -0.05) is 71.8 Å². The molecule has 3 heterocycles. The van der Waals surface area contributed by atoms with E-state index in [2.05, 4.69) is 157 Å². The van der Waals surface area contributed by atoms with Crippen LogP contribution in [-0.2, 0) is 0 Å². The van der Waals surface area contributed by atoms with E-state index in [0.29, 0.717) is 0 Å². The number of fused-ring (bicyclic) bond motifs is 12. The fourth-order valence-corrected chi connectivity index (χ4v) is 11.8. The van der Waals surface area contributed by atoms with Crippen molar-refractivity contribution in [2.45, 2.75) is 41.5 Å². The van der Waals surface area contributed by atoms with Gasteiger partial charge < -0.3 is 0 Å². The van der Waals surface area contributed by atoms with E-state index in [1.165, 1.54) is 107 Å². The Morgan fingerprint density at radius 1 is 0.375 bits per heavy atom. The Bertz CT molecular complexity index is 3310. The highest BCUT2D eigenvalue weighted by atomic mass is 32.1. The molecule has 0 N–H and O–H groups in total. The predicted octanol–water partition coefficient (Wildman–Crippen LogP) is 15.5. The van der Waals surface area contributed by atoms with Crippen LogP contribution < -0.4 is 0 Å². The van der Waals surface area contributed by atoms with Crippen molar-refractivity contribution in [3.05, 3.63) is 155 Å². The van der Waals surface area contributed by atoms with Crippen LogP contribution in [0.5, 0.6) is 0 Å². The highest BCUT2D eigenvalue weighted by Crippen LogP contribution is 2.47. The Balaban J connectivity index is 1.23. The van der Waals surface area contributed by atoms with E-state index in [1.54, 1.807) is 0 Å². The van der Waals surface area contributed by atoms with Crippen molar-refractivity contribution >= 4 is 95.6 Å². The van der Waals surface area contributed by atoms with Gasteiger partial charge in [-0.05, 0) is 151 Å². The summed E-state index contributed by atoms with van der Waals surface area (Å²) >= 11 is 3.84. The van der Waals surface area contributed by atoms with Crippen molar-refractivity contribution in [2.75, 3.05) is 0 Å². The van der Waals surface area contributed by atoms with Crippen LogP contribution in [0.25, 0.3) is 106 Å². The van der Waals surface area contributed by atoms with E-state index < -0.39 is 0 Å². The summed E-state index contributed by atoms with van der Waals surface area (Å²) in [7, 11) is 0. The van der Waals surface area contributed by atoms with Gasteiger partial charge in [0.1, 0.15) is 0 Å². The summed E-state index contributed by atoms with van der Waals surface area (Å²) in [5.41, 5.74) is 16.5. The molecular formula is C52H38N2S2. The SMILES string of the molecule is Cc1cc(C)c2sc3c(-c4cc(-c5cnc6c7ccccc7c7ccccc7c6n5)cc(-c5cc(C)cc6c5sc5c(C)cc(C)cc56)c4)cc(C)cc3c2c1. The van der Waals surface area contributed by atoms with Crippen molar-refractivity contribution in [1.82, 2.24) is 9.97 Å². The average Bonchev–Trinajstić information content (AvgIpc) is 3.75. The maximum atomic E-state index is 5.51. The quantitative estimate of drug-likeness (QED) is 0.168. The first kappa shape index (κ1) is 33.4. The van der Waals surface area contributed by atoms with Gasteiger partial charge in [-0.2, -0.15) is 0 Å². The second-order valence-corrected chi connectivity index (χ2v) is 17.9. The first-order valence-corrected chi connectivity index (χ1v) is 20.9. The van der Waals surface area contributed by atoms with Crippen LogP contribution in [0.4, 0.5) is 0 Å². The lowest BCUT2D eigenvalue weighted by Crippen LogP contribution is -1.94. The van der Waals surface area contributed by atoms with E-state index in [0.717, 1.165) is 33.1 Å². The Hall–Kier alpha value is -5.94. The van der Waals surface area contributed by atoms with Crippen LogP contribution in [0.1, 0.15) is 33.4 Å². The minimum absolute atomic E-state index is 0.874. The fourth-order valence-electron chi connectivity index (χ4n) is 9.23. The second kappa shape index (κ2) is 12.3. The lowest BCUT2D eigenvalue weighted by Gasteiger charge is -2.14. The molecular weight excluding hydrogens is 717 g/mol. The largest absolute Gasteiger partial charge is 0.252 e.